The van der Waals surface area contributed by atoms with E-state index in [1.807, 2.05) is 26.0 Å². The maximum absolute atomic E-state index is 13.9. The fraction of sp³-hybridized carbons (Fsp3) is 0.222. The Balaban J connectivity index is 1.40. The highest BCUT2D eigenvalue weighted by Crippen LogP contribution is 2.29. The number of nitrogens with zero attached hydrogens (tertiary/aromatic N) is 1. The van der Waals surface area contributed by atoms with Crippen molar-refractivity contribution in [3.05, 3.63) is 83.3 Å². The van der Waals surface area contributed by atoms with Gasteiger partial charge in [0.2, 0.25) is 0 Å². The van der Waals surface area contributed by atoms with Crippen LogP contribution in [0.3, 0.4) is 0 Å². The molecule has 8 nitrogen and oxygen atoms in total. The standard InChI is InChI=1S/C27H26FN3O5/c1-27(2,15-36-26(33)24-19-6-5-7-20(28)23(19)30-31-24)17-9-11-18(12-10-17)29-25(32)16-8-13-21(34-3)22(14-16)35-4/h5-14H,15H2,1-4H3,(H,29,32)(H,30,31). The molecular weight excluding hydrogens is 465 g/mol. The molecule has 0 spiro atoms. The van der Waals surface area contributed by atoms with Crippen molar-refractivity contribution < 1.29 is 28.2 Å². The number of amides is 1. The number of nitrogens with one attached hydrogen (secondary N) is 2. The summed E-state index contributed by atoms with van der Waals surface area (Å²) < 4.78 is 29.8. The summed E-state index contributed by atoms with van der Waals surface area (Å²) in [5.74, 6) is -0.422. The first-order valence-corrected chi connectivity index (χ1v) is 11.2. The van der Waals surface area contributed by atoms with Crippen molar-refractivity contribution in [2.75, 3.05) is 26.1 Å². The van der Waals surface area contributed by atoms with E-state index in [4.69, 9.17) is 14.2 Å². The summed E-state index contributed by atoms with van der Waals surface area (Å²) in [5.41, 5.74) is 1.60. The van der Waals surface area contributed by atoms with Gasteiger partial charge in [-0.1, -0.05) is 38.1 Å². The highest BCUT2D eigenvalue weighted by atomic mass is 19.1. The number of carbonyl (C=O) groups is 2. The van der Waals surface area contributed by atoms with Gasteiger partial charge in [-0.05, 0) is 42.0 Å². The molecule has 0 atom stereocenters. The molecule has 0 radical (unpaired) electrons. The Kier molecular flexibility index (Phi) is 6.91. The number of ether oxygens (including phenoxy) is 3. The van der Waals surface area contributed by atoms with Gasteiger partial charge in [-0.2, -0.15) is 5.10 Å². The topological polar surface area (TPSA) is 103 Å². The second-order valence-corrected chi connectivity index (χ2v) is 8.80. The summed E-state index contributed by atoms with van der Waals surface area (Å²) in [4.78, 5) is 25.3. The Labute approximate surface area is 207 Å². The summed E-state index contributed by atoms with van der Waals surface area (Å²) in [7, 11) is 3.04. The third kappa shape index (κ3) is 5.00. The molecule has 4 aromatic rings. The number of halogens is 1. The smallest absolute Gasteiger partial charge is 0.359 e. The first-order chi connectivity index (χ1) is 17.2. The van der Waals surface area contributed by atoms with Gasteiger partial charge in [-0.15, -0.1) is 0 Å². The molecule has 186 valence electrons. The number of rotatable bonds is 8. The lowest BCUT2D eigenvalue weighted by molar-refractivity contribution is 0.0422. The summed E-state index contributed by atoms with van der Waals surface area (Å²) in [6.07, 6.45) is 0. The number of aromatic nitrogens is 2. The predicted octanol–water partition coefficient (Wildman–Crippen LogP) is 5.11. The molecule has 0 aliphatic heterocycles. The summed E-state index contributed by atoms with van der Waals surface area (Å²) in [5, 5.41) is 9.68. The van der Waals surface area contributed by atoms with E-state index in [1.165, 1.54) is 26.4 Å². The summed E-state index contributed by atoms with van der Waals surface area (Å²) >= 11 is 0. The minimum Gasteiger partial charge on any atom is -0.493 e. The first-order valence-electron chi connectivity index (χ1n) is 11.2. The predicted molar refractivity (Wildman–Crippen MR) is 133 cm³/mol. The molecule has 0 aliphatic rings. The fourth-order valence-electron chi connectivity index (χ4n) is 3.75. The Morgan fingerprint density at radius 2 is 1.72 bits per heavy atom. The zero-order valence-corrected chi connectivity index (χ0v) is 20.3. The van der Waals surface area contributed by atoms with Gasteiger partial charge in [0, 0.05) is 22.1 Å². The molecule has 4 rings (SSSR count). The summed E-state index contributed by atoms with van der Waals surface area (Å²) in [6, 6.07) is 16.6. The van der Waals surface area contributed by atoms with Crippen LogP contribution in [-0.2, 0) is 10.2 Å². The van der Waals surface area contributed by atoms with Crippen molar-refractivity contribution in [3.8, 4) is 11.5 Å². The molecule has 0 saturated carbocycles. The Bertz CT molecular complexity index is 1410. The van der Waals surface area contributed by atoms with E-state index in [2.05, 4.69) is 15.5 Å². The second-order valence-electron chi connectivity index (χ2n) is 8.80. The Morgan fingerprint density at radius 1 is 1.00 bits per heavy atom. The number of H-pyrrole nitrogens is 1. The van der Waals surface area contributed by atoms with Gasteiger partial charge < -0.3 is 19.5 Å². The van der Waals surface area contributed by atoms with Crippen molar-refractivity contribution in [2.45, 2.75) is 19.3 Å². The highest BCUT2D eigenvalue weighted by molar-refractivity contribution is 6.04. The van der Waals surface area contributed by atoms with E-state index < -0.39 is 17.2 Å². The SMILES string of the molecule is COc1ccc(C(=O)Nc2ccc(C(C)(C)COC(=O)c3n[nH]c4c(F)cccc34)cc2)cc1OC. The van der Waals surface area contributed by atoms with Crippen LogP contribution in [0.15, 0.2) is 60.7 Å². The average Bonchev–Trinajstić information content (AvgIpc) is 3.33. The Morgan fingerprint density at radius 3 is 2.42 bits per heavy atom. The fourth-order valence-corrected chi connectivity index (χ4v) is 3.75. The molecule has 1 amide bonds. The second kappa shape index (κ2) is 10.1. The van der Waals surface area contributed by atoms with Crippen LogP contribution in [0.2, 0.25) is 0 Å². The van der Waals surface area contributed by atoms with Crippen LogP contribution in [0, 0.1) is 5.82 Å². The normalized spacial score (nSPS) is 11.2. The number of carbonyl (C=O) groups excluding carboxylic acids is 2. The van der Waals surface area contributed by atoms with Crippen molar-refractivity contribution in [1.29, 1.82) is 0 Å². The van der Waals surface area contributed by atoms with Crippen LogP contribution in [0.25, 0.3) is 10.9 Å². The average molecular weight is 492 g/mol. The van der Waals surface area contributed by atoms with E-state index >= 15 is 0 Å². The number of hydrogen-bond acceptors (Lipinski definition) is 6. The molecule has 0 saturated heterocycles. The first kappa shape index (κ1) is 24.7. The van der Waals surface area contributed by atoms with E-state index in [0.717, 1.165) is 5.56 Å². The zero-order chi connectivity index (χ0) is 25.9. The van der Waals surface area contributed by atoms with Gasteiger partial charge in [-0.25, -0.2) is 9.18 Å². The van der Waals surface area contributed by atoms with Crippen LogP contribution in [-0.4, -0.2) is 42.9 Å². The lowest BCUT2D eigenvalue weighted by Gasteiger charge is -2.25. The van der Waals surface area contributed by atoms with Gasteiger partial charge in [0.05, 0.1) is 14.2 Å². The van der Waals surface area contributed by atoms with E-state index in [1.54, 1.807) is 36.4 Å². The molecule has 1 heterocycles. The van der Waals surface area contributed by atoms with Gasteiger partial charge >= 0.3 is 5.97 Å². The number of methoxy groups -OCH3 is 2. The van der Waals surface area contributed by atoms with Gasteiger partial charge in [0.1, 0.15) is 17.9 Å². The number of para-hydroxylation sites is 1. The quantitative estimate of drug-likeness (QED) is 0.332. The van der Waals surface area contributed by atoms with E-state index in [-0.39, 0.29) is 23.7 Å². The number of hydrogen-bond donors (Lipinski definition) is 2. The monoisotopic (exact) mass is 491 g/mol. The Hall–Kier alpha value is -4.40. The minimum atomic E-state index is -0.640. The van der Waals surface area contributed by atoms with Crippen LogP contribution < -0.4 is 14.8 Å². The van der Waals surface area contributed by atoms with Crippen molar-refractivity contribution in [2.24, 2.45) is 0 Å². The van der Waals surface area contributed by atoms with Gasteiger partial charge in [0.25, 0.3) is 5.91 Å². The van der Waals surface area contributed by atoms with Crippen molar-refractivity contribution >= 4 is 28.5 Å². The largest absolute Gasteiger partial charge is 0.493 e. The van der Waals surface area contributed by atoms with Crippen LogP contribution in [0.4, 0.5) is 10.1 Å². The van der Waals surface area contributed by atoms with Crippen molar-refractivity contribution in [3.63, 3.8) is 0 Å². The number of anilines is 1. The number of aromatic amines is 1. The molecule has 0 unspecified atom stereocenters. The van der Waals surface area contributed by atoms with Crippen LogP contribution in [0.5, 0.6) is 11.5 Å². The number of esters is 1. The number of benzene rings is 3. The van der Waals surface area contributed by atoms with E-state index in [9.17, 15) is 14.0 Å². The van der Waals surface area contributed by atoms with Gasteiger partial charge in [-0.3, -0.25) is 9.89 Å². The molecule has 0 aliphatic carbocycles. The van der Waals surface area contributed by atoms with Crippen LogP contribution in [0.1, 0.15) is 40.3 Å². The third-order valence-corrected chi connectivity index (χ3v) is 5.88. The highest BCUT2D eigenvalue weighted by Gasteiger charge is 2.25. The maximum Gasteiger partial charge on any atom is 0.359 e. The molecule has 36 heavy (non-hydrogen) atoms. The van der Waals surface area contributed by atoms with Crippen LogP contribution >= 0.6 is 0 Å². The number of fused-ring (bicyclic) bond motifs is 1. The molecule has 9 heteroatoms. The third-order valence-electron chi connectivity index (χ3n) is 5.88. The van der Waals surface area contributed by atoms with Crippen molar-refractivity contribution in [1.82, 2.24) is 10.2 Å². The summed E-state index contributed by atoms with van der Waals surface area (Å²) in [6.45, 7) is 3.94. The minimum absolute atomic E-state index is 0.0357. The van der Waals surface area contributed by atoms with Gasteiger partial charge in [0.15, 0.2) is 17.2 Å². The molecule has 0 bridgehead atoms. The molecule has 3 aromatic carbocycles. The van der Waals surface area contributed by atoms with E-state index in [0.29, 0.717) is 28.1 Å². The lowest BCUT2D eigenvalue weighted by Crippen LogP contribution is -2.26. The zero-order valence-electron chi connectivity index (χ0n) is 20.3. The maximum atomic E-state index is 13.9. The molecule has 2 N–H and O–H groups in total. The molecular formula is C27H26FN3O5. The molecule has 0 fully saturated rings. The lowest BCUT2D eigenvalue weighted by atomic mass is 9.85. The molecule has 1 aromatic heterocycles.